The van der Waals surface area contributed by atoms with Crippen LogP contribution in [-0.4, -0.2) is 24.2 Å². The summed E-state index contributed by atoms with van der Waals surface area (Å²) in [5, 5.41) is 2.57. The molecule has 3 N–H and O–H groups in total. The minimum Gasteiger partial charge on any atom is -0.484 e. The summed E-state index contributed by atoms with van der Waals surface area (Å²) in [5.74, 6) is -0.299. The summed E-state index contributed by atoms with van der Waals surface area (Å²) in [7, 11) is 0. The van der Waals surface area contributed by atoms with Gasteiger partial charge in [0.15, 0.2) is 6.61 Å². The van der Waals surface area contributed by atoms with Crippen LogP contribution in [0.4, 0.5) is 13.2 Å². The molecule has 4 nitrogen and oxygen atoms in total. The van der Waals surface area contributed by atoms with Crippen molar-refractivity contribution in [3.05, 3.63) is 29.3 Å². The first-order valence-electron chi connectivity index (χ1n) is 6.35. The number of carbonyl (C=O) groups excluding carboxylic acids is 1. The largest absolute Gasteiger partial charge is 0.484 e. The van der Waals surface area contributed by atoms with Gasteiger partial charge in [-0.05, 0) is 32.4 Å². The minimum absolute atomic E-state index is 0.0485. The third kappa shape index (κ3) is 6.03. The SMILES string of the molecule is Cc1ccc(CNC(=O)C(C)(C)N)c(OCC(F)(F)F)c1. The molecule has 0 spiro atoms. The fourth-order valence-corrected chi connectivity index (χ4v) is 1.51. The lowest BCUT2D eigenvalue weighted by Gasteiger charge is -2.19. The summed E-state index contributed by atoms with van der Waals surface area (Å²) >= 11 is 0. The maximum atomic E-state index is 12.2. The van der Waals surface area contributed by atoms with Crippen LogP contribution in [0, 0.1) is 6.92 Å². The number of aryl methyl sites for hydroxylation is 1. The summed E-state index contributed by atoms with van der Waals surface area (Å²) in [5.41, 5.74) is 5.80. The van der Waals surface area contributed by atoms with Crippen LogP contribution in [0.25, 0.3) is 0 Å². The van der Waals surface area contributed by atoms with Crippen molar-refractivity contribution >= 4 is 5.91 Å². The Bertz CT molecular complexity index is 508. The van der Waals surface area contributed by atoms with Gasteiger partial charge in [0.1, 0.15) is 5.75 Å². The lowest BCUT2D eigenvalue weighted by Crippen LogP contribution is -2.48. The van der Waals surface area contributed by atoms with Gasteiger partial charge in [-0.1, -0.05) is 12.1 Å². The zero-order valence-corrected chi connectivity index (χ0v) is 12.2. The molecule has 118 valence electrons. The lowest BCUT2D eigenvalue weighted by atomic mass is 10.1. The molecule has 1 rings (SSSR count). The summed E-state index contributed by atoms with van der Waals surface area (Å²) in [6.45, 7) is 3.50. The summed E-state index contributed by atoms with van der Waals surface area (Å²) in [6, 6.07) is 4.85. The average molecular weight is 304 g/mol. The first-order valence-corrected chi connectivity index (χ1v) is 6.35. The molecule has 21 heavy (non-hydrogen) atoms. The maximum Gasteiger partial charge on any atom is 0.422 e. The Morgan fingerprint density at radius 1 is 1.33 bits per heavy atom. The number of hydrogen-bond donors (Lipinski definition) is 2. The number of carbonyl (C=O) groups is 1. The van der Waals surface area contributed by atoms with Gasteiger partial charge in [0.2, 0.25) is 5.91 Å². The number of ether oxygens (including phenoxy) is 1. The van der Waals surface area contributed by atoms with Crippen molar-refractivity contribution in [2.45, 2.75) is 39.0 Å². The van der Waals surface area contributed by atoms with Crippen molar-refractivity contribution in [3.63, 3.8) is 0 Å². The number of nitrogens with two attached hydrogens (primary N) is 1. The molecule has 0 saturated heterocycles. The van der Waals surface area contributed by atoms with Gasteiger partial charge in [-0.3, -0.25) is 4.79 Å². The number of benzene rings is 1. The molecule has 0 unspecified atom stereocenters. The molecule has 1 aromatic carbocycles. The van der Waals surface area contributed by atoms with Crippen molar-refractivity contribution in [3.8, 4) is 5.75 Å². The van der Waals surface area contributed by atoms with E-state index < -0.39 is 24.2 Å². The molecule has 0 atom stereocenters. The topological polar surface area (TPSA) is 64.4 Å². The van der Waals surface area contributed by atoms with E-state index in [0.717, 1.165) is 5.56 Å². The third-order valence-electron chi connectivity index (χ3n) is 2.64. The standard InChI is InChI=1S/C14H19F3N2O2/c1-9-4-5-10(7-19-12(20)13(2,3)18)11(6-9)21-8-14(15,16)17/h4-6H,7-8,18H2,1-3H3,(H,19,20). The first-order chi connectivity index (χ1) is 9.49. The number of hydrogen-bond acceptors (Lipinski definition) is 3. The summed E-state index contributed by atoms with van der Waals surface area (Å²) < 4.78 is 41.5. The molecule has 1 amide bonds. The van der Waals surface area contributed by atoms with Crippen molar-refractivity contribution in [1.29, 1.82) is 0 Å². The molecule has 7 heteroatoms. The van der Waals surface area contributed by atoms with E-state index in [4.69, 9.17) is 10.5 Å². The predicted molar refractivity (Wildman–Crippen MR) is 72.8 cm³/mol. The van der Waals surface area contributed by atoms with Crippen LogP contribution in [0.3, 0.4) is 0 Å². The second-order valence-corrected chi connectivity index (χ2v) is 5.42. The average Bonchev–Trinajstić information content (AvgIpc) is 2.32. The van der Waals surface area contributed by atoms with E-state index in [1.54, 1.807) is 32.9 Å². The number of nitrogens with one attached hydrogen (secondary N) is 1. The normalized spacial score (nSPS) is 12.1. The molecule has 0 aliphatic heterocycles. The molecular weight excluding hydrogens is 285 g/mol. The monoisotopic (exact) mass is 304 g/mol. The maximum absolute atomic E-state index is 12.2. The van der Waals surface area contributed by atoms with Crippen LogP contribution in [0.2, 0.25) is 0 Å². The van der Waals surface area contributed by atoms with Crippen LogP contribution in [0.5, 0.6) is 5.75 Å². The second kappa shape index (κ2) is 6.34. The van der Waals surface area contributed by atoms with Crippen LogP contribution in [-0.2, 0) is 11.3 Å². The molecule has 0 aliphatic carbocycles. The highest BCUT2D eigenvalue weighted by Crippen LogP contribution is 2.23. The van der Waals surface area contributed by atoms with Gasteiger partial charge in [-0.2, -0.15) is 13.2 Å². The summed E-state index contributed by atoms with van der Waals surface area (Å²) in [6.07, 6.45) is -4.41. The highest BCUT2D eigenvalue weighted by molar-refractivity contribution is 5.85. The second-order valence-electron chi connectivity index (χ2n) is 5.42. The van der Waals surface area contributed by atoms with Crippen LogP contribution >= 0.6 is 0 Å². The molecule has 0 aliphatic rings. The zero-order valence-electron chi connectivity index (χ0n) is 12.2. The molecule has 0 radical (unpaired) electrons. The third-order valence-corrected chi connectivity index (χ3v) is 2.64. The highest BCUT2D eigenvalue weighted by Gasteiger charge is 2.29. The molecule has 0 fully saturated rings. The Kier molecular flexibility index (Phi) is 5.22. The molecule has 1 aromatic rings. The van der Waals surface area contributed by atoms with E-state index in [9.17, 15) is 18.0 Å². The van der Waals surface area contributed by atoms with Gasteiger partial charge in [0.25, 0.3) is 0 Å². The van der Waals surface area contributed by atoms with Crippen molar-refractivity contribution < 1.29 is 22.7 Å². The lowest BCUT2D eigenvalue weighted by molar-refractivity contribution is -0.153. The minimum atomic E-state index is -4.41. The van der Waals surface area contributed by atoms with Crippen molar-refractivity contribution in [2.24, 2.45) is 5.73 Å². The Balaban J connectivity index is 2.80. The Labute approximate surface area is 121 Å². The number of halogens is 3. The Hall–Kier alpha value is -1.76. The van der Waals surface area contributed by atoms with Crippen LogP contribution < -0.4 is 15.8 Å². The van der Waals surface area contributed by atoms with Gasteiger partial charge in [0.05, 0.1) is 5.54 Å². The van der Waals surface area contributed by atoms with E-state index in [-0.39, 0.29) is 12.3 Å². The van der Waals surface area contributed by atoms with Crippen LogP contribution in [0.15, 0.2) is 18.2 Å². The van der Waals surface area contributed by atoms with E-state index in [1.807, 2.05) is 0 Å². The van der Waals surface area contributed by atoms with Gasteiger partial charge >= 0.3 is 6.18 Å². The molecule has 0 saturated carbocycles. The van der Waals surface area contributed by atoms with Gasteiger partial charge < -0.3 is 15.8 Å². The van der Waals surface area contributed by atoms with E-state index in [2.05, 4.69) is 5.32 Å². The predicted octanol–water partition coefficient (Wildman–Crippen LogP) is 2.29. The van der Waals surface area contributed by atoms with E-state index in [0.29, 0.717) is 5.56 Å². The van der Waals surface area contributed by atoms with Gasteiger partial charge in [-0.15, -0.1) is 0 Å². The summed E-state index contributed by atoms with van der Waals surface area (Å²) in [4.78, 5) is 11.7. The molecular formula is C14H19F3N2O2. The number of amides is 1. The van der Waals surface area contributed by atoms with Crippen molar-refractivity contribution in [2.75, 3.05) is 6.61 Å². The van der Waals surface area contributed by atoms with E-state index in [1.165, 1.54) is 6.07 Å². The fourth-order valence-electron chi connectivity index (χ4n) is 1.51. The molecule has 0 heterocycles. The zero-order chi connectivity index (χ0) is 16.3. The van der Waals surface area contributed by atoms with Gasteiger partial charge in [-0.25, -0.2) is 0 Å². The Morgan fingerprint density at radius 3 is 2.48 bits per heavy atom. The van der Waals surface area contributed by atoms with Gasteiger partial charge in [0, 0.05) is 12.1 Å². The highest BCUT2D eigenvalue weighted by atomic mass is 19.4. The molecule has 0 bridgehead atoms. The van der Waals surface area contributed by atoms with E-state index >= 15 is 0 Å². The first kappa shape index (κ1) is 17.3. The van der Waals surface area contributed by atoms with Crippen LogP contribution in [0.1, 0.15) is 25.0 Å². The van der Waals surface area contributed by atoms with Crippen molar-refractivity contribution in [1.82, 2.24) is 5.32 Å². The molecule has 0 aromatic heterocycles. The smallest absolute Gasteiger partial charge is 0.422 e. The quantitative estimate of drug-likeness (QED) is 0.877. The number of alkyl halides is 3. The fraction of sp³-hybridized carbons (Fsp3) is 0.500. The Morgan fingerprint density at radius 2 is 1.95 bits per heavy atom. The number of rotatable bonds is 5.